The zero-order valence-corrected chi connectivity index (χ0v) is 16.4. The fraction of sp³-hybridized carbons (Fsp3) is 0.353. The number of benzene rings is 1. The van der Waals surface area contributed by atoms with Crippen LogP contribution < -0.4 is 15.8 Å². The first-order valence-corrected chi connectivity index (χ1v) is 9.92. The Hall–Kier alpha value is -2.72. The minimum Gasteiger partial charge on any atom is -0.351 e. The number of nitrogens with one attached hydrogen (secondary N) is 2. The minimum absolute atomic E-state index is 0.0869. The molecule has 0 saturated carbocycles. The third-order valence-electron chi connectivity index (χ3n) is 3.65. The molecule has 0 fully saturated rings. The molecule has 0 radical (unpaired) electrons. The molecular formula is C17H23N5O4S. The first-order chi connectivity index (χ1) is 12.5. The summed E-state index contributed by atoms with van der Waals surface area (Å²) in [6.45, 7) is 7.55. The summed E-state index contributed by atoms with van der Waals surface area (Å²) in [6.07, 6.45) is 0. The Kier molecular flexibility index (Phi) is 6.01. The molecule has 4 N–H and O–H groups in total. The van der Waals surface area contributed by atoms with E-state index in [4.69, 9.17) is 5.14 Å². The molecule has 2 aromatic rings. The number of aryl methyl sites for hydroxylation is 1. The maximum Gasteiger partial charge on any atom is 0.271 e. The lowest BCUT2D eigenvalue weighted by Gasteiger charge is -2.14. The van der Waals surface area contributed by atoms with E-state index < -0.39 is 15.9 Å². The molecule has 0 aliphatic carbocycles. The Bertz CT molecular complexity index is 979. The summed E-state index contributed by atoms with van der Waals surface area (Å²) in [7, 11) is -3.99. The fourth-order valence-corrected chi connectivity index (χ4v) is 3.02. The summed E-state index contributed by atoms with van der Waals surface area (Å²) < 4.78 is 24.8. The zero-order valence-electron chi connectivity index (χ0n) is 15.6. The van der Waals surface area contributed by atoms with Crippen molar-refractivity contribution in [3.63, 3.8) is 0 Å². The van der Waals surface area contributed by atoms with Gasteiger partial charge in [0.1, 0.15) is 0 Å². The van der Waals surface area contributed by atoms with Crippen LogP contribution in [-0.2, 0) is 10.0 Å². The Labute approximate surface area is 158 Å². The van der Waals surface area contributed by atoms with Crippen LogP contribution >= 0.6 is 0 Å². The van der Waals surface area contributed by atoms with Crippen molar-refractivity contribution in [2.75, 3.05) is 6.54 Å². The van der Waals surface area contributed by atoms with Crippen molar-refractivity contribution in [3.05, 3.63) is 41.2 Å². The number of carbonyl (C=O) groups is 2. The number of sulfonamides is 1. The number of hydrogen-bond acceptors (Lipinski definition) is 5. The minimum atomic E-state index is -3.99. The van der Waals surface area contributed by atoms with Gasteiger partial charge in [-0.25, -0.2) is 18.2 Å². The quantitative estimate of drug-likeness (QED) is 0.664. The van der Waals surface area contributed by atoms with Crippen molar-refractivity contribution < 1.29 is 18.0 Å². The lowest BCUT2D eigenvalue weighted by Crippen LogP contribution is -2.31. The maximum atomic E-state index is 12.6. The van der Waals surface area contributed by atoms with Crippen LogP contribution in [0, 0.1) is 6.92 Å². The van der Waals surface area contributed by atoms with Gasteiger partial charge in [-0.2, -0.15) is 5.10 Å². The molecule has 2 rings (SSSR count). The van der Waals surface area contributed by atoms with Crippen LogP contribution in [0.1, 0.15) is 47.3 Å². The summed E-state index contributed by atoms with van der Waals surface area (Å²) in [5.41, 5.74) is 1.23. The highest BCUT2D eigenvalue weighted by atomic mass is 32.2. The van der Waals surface area contributed by atoms with Gasteiger partial charge in [-0.3, -0.25) is 9.59 Å². The Balaban J connectivity index is 2.62. The molecule has 0 saturated heterocycles. The molecule has 2 amide bonds. The van der Waals surface area contributed by atoms with Gasteiger partial charge in [0.2, 0.25) is 10.0 Å². The number of nitrogens with zero attached hydrogens (tertiary/aromatic N) is 2. The molecule has 0 spiro atoms. The number of hydrogen-bond donors (Lipinski definition) is 3. The third kappa shape index (κ3) is 4.72. The molecule has 0 bridgehead atoms. The Morgan fingerprint density at radius 1 is 1.22 bits per heavy atom. The largest absolute Gasteiger partial charge is 0.351 e. The molecule has 10 heteroatoms. The van der Waals surface area contributed by atoms with Crippen LogP contribution in [0.15, 0.2) is 29.2 Å². The van der Waals surface area contributed by atoms with E-state index in [2.05, 4.69) is 15.7 Å². The molecule has 0 atom stereocenters. The van der Waals surface area contributed by atoms with Gasteiger partial charge in [0, 0.05) is 18.3 Å². The predicted octanol–water partition coefficient (Wildman–Crippen LogP) is 0.716. The van der Waals surface area contributed by atoms with Crippen LogP contribution in [0.25, 0.3) is 5.69 Å². The third-order valence-corrected chi connectivity index (χ3v) is 4.56. The van der Waals surface area contributed by atoms with E-state index in [9.17, 15) is 18.0 Å². The highest BCUT2D eigenvalue weighted by molar-refractivity contribution is 7.89. The highest BCUT2D eigenvalue weighted by Crippen LogP contribution is 2.21. The molecule has 0 unspecified atom stereocenters. The van der Waals surface area contributed by atoms with E-state index in [1.807, 2.05) is 0 Å². The molecular weight excluding hydrogens is 370 g/mol. The summed E-state index contributed by atoms with van der Waals surface area (Å²) in [5.74, 6) is -0.811. The molecule has 0 aliphatic rings. The van der Waals surface area contributed by atoms with E-state index >= 15 is 0 Å². The average molecular weight is 393 g/mol. The first-order valence-electron chi connectivity index (χ1n) is 8.37. The second-order valence-electron chi connectivity index (χ2n) is 6.29. The van der Waals surface area contributed by atoms with Gasteiger partial charge in [0.25, 0.3) is 11.8 Å². The van der Waals surface area contributed by atoms with Crippen LogP contribution in [-0.4, -0.2) is 42.6 Å². The van der Waals surface area contributed by atoms with Gasteiger partial charge >= 0.3 is 0 Å². The molecule has 1 aromatic heterocycles. The summed E-state index contributed by atoms with van der Waals surface area (Å²) in [4.78, 5) is 24.5. The fourth-order valence-electron chi connectivity index (χ4n) is 2.48. The van der Waals surface area contributed by atoms with Gasteiger partial charge in [0.15, 0.2) is 5.69 Å². The molecule has 1 heterocycles. The first kappa shape index (κ1) is 20.6. The van der Waals surface area contributed by atoms with Gasteiger partial charge in [0.05, 0.1) is 16.1 Å². The summed E-state index contributed by atoms with van der Waals surface area (Å²) in [5, 5.41) is 14.8. The SMILES string of the molecule is CCNC(=O)c1cc(C)n(-c2ccc(S(N)(=O)=O)cc2C(=O)NC(C)C)n1. The molecule has 1 aromatic carbocycles. The topological polar surface area (TPSA) is 136 Å². The van der Waals surface area contributed by atoms with Gasteiger partial charge < -0.3 is 10.6 Å². The summed E-state index contributed by atoms with van der Waals surface area (Å²) >= 11 is 0. The van der Waals surface area contributed by atoms with Gasteiger partial charge in [-0.05, 0) is 52.0 Å². The van der Waals surface area contributed by atoms with Crippen molar-refractivity contribution in [2.24, 2.45) is 5.14 Å². The van der Waals surface area contributed by atoms with E-state index in [0.29, 0.717) is 17.9 Å². The van der Waals surface area contributed by atoms with Crippen molar-refractivity contribution in [3.8, 4) is 5.69 Å². The predicted molar refractivity (Wildman–Crippen MR) is 100 cm³/mol. The standard InChI is InChI=1S/C17H23N5O4S/c1-5-19-17(24)14-8-11(4)22(21-14)15-7-6-12(27(18,25)26)9-13(15)16(23)20-10(2)3/h6-10H,5H2,1-4H3,(H,19,24)(H,20,23)(H2,18,25,26). The number of rotatable bonds is 6. The van der Waals surface area contributed by atoms with E-state index in [1.165, 1.54) is 22.9 Å². The molecule has 9 nitrogen and oxygen atoms in total. The van der Waals surface area contributed by atoms with Gasteiger partial charge in [-0.15, -0.1) is 0 Å². The zero-order chi connectivity index (χ0) is 20.4. The average Bonchev–Trinajstić information content (AvgIpc) is 2.95. The van der Waals surface area contributed by atoms with E-state index in [-0.39, 0.29) is 28.1 Å². The Morgan fingerprint density at radius 3 is 2.44 bits per heavy atom. The highest BCUT2D eigenvalue weighted by Gasteiger charge is 2.21. The molecule has 146 valence electrons. The second kappa shape index (κ2) is 7.89. The number of aromatic nitrogens is 2. The second-order valence-corrected chi connectivity index (χ2v) is 7.86. The lowest BCUT2D eigenvalue weighted by molar-refractivity contribution is 0.0938. The molecule has 0 aliphatic heterocycles. The van der Waals surface area contributed by atoms with Crippen molar-refractivity contribution in [1.82, 2.24) is 20.4 Å². The van der Waals surface area contributed by atoms with Crippen molar-refractivity contribution >= 4 is 21.8 Å². The number of carbonyl (C=O) groups excluding carboxylic acids is 2. The van der Waals surface area contributed by atoms with E-state index in [1.54, 1.807) is 33.8 Å². The van der Waals surface area contributed by atoms with Crippen LogP contribution in [0.3, 0.4) is 0 Å². The molecule has 27 heavy (non-hydrogen) atoms. The number of amides is 2. The van der Waals surface area contributed by atoms with Gasteiger partial charge in [-0.1, -0.05) is 0 Å². The lowest BCUT2D eigenvalue weighted by atomic mass is 10.1. The van der Waals surface area contributed by atoms with Crippen LogP contribution in [0.2, 0.25) is 0 Å². The van der Waals surface area contributed by atoms with Crippen LogP contribution in [0.4, 0.5) is 0 Å². The number of nitrogens with two attached hydrogens (primary N) is 1. The maximum absolute atomic E-state index is 12.6. The smallest absolute Gasteiger partial charge is 0.271 e. The van der Waals surface area contributed by atoms with Crippen molar-refractivity contribution in [1.29, 1.82) is 0 Å². The van der Waals surface area contributed by atoms with Crippen molar-refractivity contribution in [2.45, 2.75) is 38.6 Å². The number of primary sulfonamides is 1. The van der Waals surface area contributed by atoms with Crippen LogP contribution in [0.5, 0.6) is 0 Å². The summed E-state index contributed by atoms with van der Waals surface area (Å²) in [6, 6.07) is 5.37. The monoisotopic (exact) mass is 393 g/mol. The Morgan fingerprint density at radius 2 is 1.89 bits per heavy atom. The van der Waals surface area contributed by atoms with E-state index in [0.717, 1.165) is 0 Å². The normalized spacial score (nSPS) is 11.5.